The maximum Gasteiger partial charge on any atom is 0.206 e. The molecular formula is C27H25N3O2. The maximum absolute atomic E-state index is 13.9. The number of imidazole rings is 1. The lowest BCUT2D eigenvalue weighted by molar-refractivity contribution is -0.172. The topological polar surface area (TPSA) is 47.4 Å². The number of hydrogen-bond donors (Lipinski definition) is 0. The second-order valence-electron chi connectivity index (χ2n) is 8.10. The van der Waals surface area contributed by atoms with Gasteiger partial charge in [-0.05, 0) is 16.7 Å². The molecule has 1 aliphatic rings. The summed E-state index contributed by atoms with van der Waals surface area (Å²) in [7, 11) is 1.85. The number of aromatic nitrogens is 2. The predicted octanol–water partition coefficient (Wildman–Crippen LogP) is 5.15. The lowest BCUT2D eigenvalue weighted by Gasteiger charge is -2.25. The predicted molar refractivity (Wildman–Crippen MR) is 122 cm³/mol. The van der Waals surface area contributed by atoms with Gasteiger partial charge < -0.3 is 4.57 Å². The van der Waals surface area contributed by atoms with Crippen LogP contribution in [0.15, 0.2) is 103 Å². The molecule has 1 fully saturated rings. The molecule has 0 aliphatic carbocycles. The third kappa shape index (κ3) is 3.88. The molecule has 1 saturated heterocycles. The summed E-state index contributed by atoms with van der Waals surface area (Å²) in [5.74, 6) is -0.0117. The number of benzene rings is 3. The van der Waals surface area contributed by atoms with Gasteiger partial charge in [-0.3, -0.25) is 9.63 Å². The second kappa shape index (κ2) is 8.91. The number of ketones is 1. The summed E-state index contributed by atoms with van der Waals surface area (Å²) in [6.07, 6.45) is 3.06. The molecular weight excluding hydrogens is 398 g/mol. The van der Waals surface area contributed by atoms with Crippen LogP contribution in [0.4, 0.5) is 0 Å². The summed E-state index contributed by atoms with van der Waals surface area (Å²) in [6.45, 7) is 0.577. The maximum atomic E-state index is 13.9. The summed E-state index contributed by atoms with van der Waals surface area (Å²) >= 11 is 0. The number of Topliss-reactive ketones (excluding diaryl/α,β-unsaturated/α-hetero) is 1. The molecule has 1 aromatic heterocycles. The van der Waals surface area contributed by atoms with Crippen LogP contribution >= 0.6 is 0 Å². The van der Waals surface area contributed by atoms with Crippen molar-refractivity contribution >= 4 is 5.78 Å². The molecule has 3 aromatic carbocycles. The fraction of sp³-hybridized carbons (Fsp3) is 0.185. The standard InChI is InChI=1S/C27H25N3O2/c1-29-18-17-28-27(29)25(31)23-24(21-13-7-3-8-14-21)30(19-20-11-5-2-6-12-20)32-26(23)22-15-9-4-10-16-22/h2-18,23-24,26H,19H2,1H3/t23-,24+,26-/m1/s1. The Balaban J connectivity index is 1.62. The minimum Gasteiger partial charge on any atom is -0.332 e. The number of aryl methyl sites for hydroxylation is 1. The minimum atomic E-state index is -0.440. The van der Waals surface area contributed by atoms with Crippen LogP contribution in [0, 0.1) is 5.92 Å². The zero-order valence-corrected chi connectivity index (χ0v) is 17.9. The highest BCUT2D eigenvalue weighted by atomic mass is 16.7. The molecule has 0 unspecified atom stereocenters. The highest BCUT2D eigenvalue weighted by Gasteiger charge is 2.49. The average molecular weight is 424 g/mol. The molecule has 3 atom stereocenters. The highest BCUT2D eigenvalue weighted by molar-refractivity contribution is 5.96. The first-order valence-electron chi connectivity index (χ1n) is 10.8. The smallest absolute Gasteiger partial charge is 0.206 e. The number of rotatable bonds is 6. The normalized spacial score (nSPS) is 21.0. The average Bonchev–Trinajstić information content (AvgIpc) is 3.44. The Morgan fingerprint density at radius 1 is 0.875 bits per heavy atom. The van der Waals surface area contributed by atoms with Gasteiger partial charge >= 0.3 is 0 Å². The van der Waals surface area contributed by atoms with Crippen molar-refractivity contribution in [1.82, 2.24) is 14.6 Å². The van der Waals surface area contributed by atoms with E-state index in [1.165, 1.54) is 0 Å². The Morgan fingerprint density at radius 2 is 1.47 bits per heavy atom. The van der Waals surface area contributed by atoms with Crippen LogP contribution in [0.5, 0.6) is 0 Å². The van der Waals surface area contributed by atoms with E-state index in [0.29, 0.717) is 12.4 Å². The second-order valence-corrected chi connectivity index (χ2v) is 8.10. The molecule has 32 heavy (non-hydrogen) atoms. The molecule has 1 aliphatic heterocycles. The van der Waals surface area contributed by atoms with E-state index in [4.69, 9.17) is 4.84 Å². The Hall–Kier alpha value is -3.54. The van der Waals surface area contributed by atoms with Gasteiger partial charge in [0.2, 0.25) is 5.78 Å². The van der Waals surface area contributed by atoms with Gasteiger partial charge in [0.25, 0.3) is 0 Å². The van der Waals surface area contributed by atoms with E-state index in [9.17, 15) is 4.79 Å². The van der Waals surface area contributed by atoms with Crippen molar-refractivity contribution in [2.75, 3.05) is 0 Å². The molecule has 0 saturated carbocycles. The third-order valence-corrected chi connectivity index (χ3v) is 6.02. The van der Waals surface area contributed by atoms with Crippen molar-refractivity contribution in [2.24, 2.45) is 13.0 Å². The van der Waals surface area contributed by atoms with Crippen LogP contribution < -0.4 is 0 Å². The first-order chi connectivity index (χ1) is 15.7. The number of carbonyl (C=O) groups excluding carboxylic acids is 1. The van der Waals surface area contributed by atoms with Gasteiger partial charge in [-0.15, -0.1) is 0 Å². The molecule has 5 rings (SSSR count). The van der Waals surface area contributed by atoms with Crippen LogP contribution in [0.25, 0.3) is 0 Å². The molecule has 5 heteroatoms. The van der Waals surface area contributed by atoms with Gasteiger partial charge in [0.1, 0.15) is 6.10 Å². The summed E-state index contributed by atoms with van der Waals surface area (Å²) < 4.78 is 1.78. The summed E-state index contributed by atoms with van der Waals surface area (Å²) in [6, 6.07) is 30.1. The number of nitrogens with zero attached hydrogens (tertiary/aromatic N) is 3. The van der Waals surface area contributed by atoms with Gasteiger partial charge in [-0.25, -0.2) is 4.98 Å². The minimum absolute atomic E-state index is 0.0178. The van der Waals surface area contributed by atoms with Gasteiger partial charge in [-0.2, -0.15) is 5.06 Å². The van der Waals surface area contributed by atoms with Crippen LogP contribution in [0.3, 0.4) is 0 Å². The van der Waals surface area contributed by atoms with Crippen molar-refractivity contribution in [3.05, 3.63) is 126 Å². The van der Waals surface area contributed by atoms with Crippen molar-refractivity contribution < 1.29 is 9.63 Å². The van der Waals surface area contributed by atoms with E-state index < -0.39 is 12.0 Å². The first kappa shape index (κ1) is 20.4. The van der Waals surface area contributed by atoms with Crippen LogP contribution in [0.2, 0.25) is 0 Å². The van der Waals surface area contributed by atoms with E-state index in [2.05, 4.69) is 29.2 Å². The third-order valence-electron chi connectivity index (χ3n) is 6.02. The van der Waals surface area contributed by atoms with Gasteiger partial charge in [0.05, 0.1) is 12.0 Å². The van der Waals surface area contributed by atoms with Crippen LogP contribution in [-0.2, 0) is 18.4 Å². The molecule has 0 amide bonds. The monoisotopic (exact) mass is 423 g/mol. The molecule has 0 bridgehead atoms. The largest absolute Gasteiger partial charge is 0.332 e. The van der Waals surface area contributed by atoms with E-state index in [0.717, 1.165) is 16.7 Å². The van der Waals surface area contributed by atoms with Gasteiger partial charge in [0.15, 0.2) is 5.82 Å². The Morgan fingerprint density at radius 3 is 2.06 bits per heavy atom. The lowest BCUT2D eigenvalue weighted by Crippen LogP contribution is -2.29. The molecule has 4 aromatic rings. The van der Waals surface area contributed by atoms with Crippen molar-refractivity contribution in [1.29, 1.82) is 0 Å². The van der Waals surface area contributed by atoms with E-state index >= 15 is 0 Å². The Labute approximate surface area is 187 Å². The van der Waals surface area contributed by atoms with Crippen LogP contribution in [0.1, 0.15) is 39.5 Å². The lowest BCUT2D eigenvalue weighted by atomic mass is 9.83. The quantitative estimate of drug-likeness (QED) is 0.403. The number of hydroxylamine groups is 2. The number of carbonyl (C=O) groups is 1. The summed E-state index contributed by atoms with van der Waals surface area (Å²) in [5, 5.41) is 1.97. The molecule has 0 N–H and O–H groups in total. The van der Waals surface area contributed by atoms with Crippen molar-refractivity contribution in [3.8, 4) is 0 Å². The van der Waals surface area contributed by atoms with Crippen molar-refractivity contribution in [3.63, 3.8) is 0 Å². The van der Waals surface area contributed by atoms with Crippen molar-refractivity contribution in [2.45, 2.75) is 18.7 Å². The van der Waals surface area contributed by atoms with Gasteiger partial charge in [0, 0.05) is 26.0 Å². The highest BCUT2D eigenvalue weighted by Crippen LogP contribution is 2.48. The summed E-state index contributed by atoms with van der Waals surface area (Å²) in [5.41, 5.74) is 3.16. The zero-order valence-electron chi connectivity index (χ0n) is 17.9. The number of hydrogen-bond acceptors (Lipinski definition) is 4. The molecule has 2 heterocycles. The molecule has 0 spiro atoms. The van der Waals surface area contributed by atoms with Crippen LogP contribution in [-0.4, -0.2) is 20.4 Å². The first-order valence-corrected chi connectivity index (χ1v) is 10.8. The fourth-order valence-corrected chi connectivity index (χ4v) is 4.49. The van der Waals surface area contributed by atoms with E-state index in [-0.39, 0.29) is 11.8 Å². The Kier molecular flexibility index (Phi) is 5.67. The molecule has 160 valence electrons. The summed E-state index contributed by atoms with van der Waals surface area (Å²) in [4.78, 5) is 24.8. The Bertz CT molecular complexity index is 1180. The molecule has 5 nitrogen and oxygen atoms in total. The zero-order chi connectivity index (χ0) is 21.9. The molecule has 0 radical (unpaired) electrons. The fourth-order valence-electron chi connectivity index (χ4n) is 4.49. The SMILES string of the molecule is Cn1ccnc1C(=O)[C@@H]1[C@@H](c2ccccc2)ON(Cc2ccccc2)[C@H]1c1ccccc1. The van der Waals surface area contributed by atoms with E-state index in [1.807, 2.05) is 78.8 Å². The van der Waals surface area contributed by atoms with Gasteiger partial charge in [-0.1, -0.05) is 91.0 Å². The van der Waals surface area contributed by atoms with E-state index in [1.54, 1.807) is 17.0 Å².